The van der Waals surface area contributed by atoms with Gasteiger partial charge in [0.15, 0.2) is 11.6 Å². The van der Waals surface area contributed by atoms with Gasteiger partial charge in [0.1, 0.15) is 0 Å². The molecule has 0 saturated carbocycles. The number of hydrogen-bond acceptors (Lipinski definition) is 3. The summed E-state index contributed by atoms with van der Waals surface area (Å²) >= 11 is 0. The minimum atomic E-state index is -0.949. The summed E-state index contributed by atoms with van der Waals surface area (Å²) in [4.78, 5) is 4.18. The van der Waals surface area contributed by atoms with Crippen molar-refractivity contribution in [3.63, 3.8) is 0 Å². The molecule has 1 heterocycles. The normalized spacial score (nSPS) is 12.3. The predicted octanol–water partition coefficient (Wildman–Crippen LogP) is 2.23. The van der Waals surface area contributed by atoms with Gasteiger partial charge in [-0.3, -0.25) is 4.98 Å². The Hall–Kier alpha value is -1.85. The van der Waals surface area contributed by atoms with Gasteiger partial charge < -0.3 is 10.4 Å². The molecular formula is C15H16F2N2O. The second-order valence-electron chi connectivity index (χ2n) is 4.46. The highest BCUT2D eigenvalue weighted by Gasteiger charge is 2.10. The van der Waals surface area contributed by atoms with E-state index < -0.39 is 17.7 Å². The molecule has 0 radical (unpaired) electrons. The largest absolute Gasteiger partial charge is 0.387 e. The van der Waals surface area contributed by atoms with Crippen molar-refractivity contribution in [2.24, 2.45) is 0 Å². The number of aliphatic hydroxyl groups is 1. The Bertz CT molecular complexity index is 549. The lowest BCUT2D eigenvalue weighted by atomic mass is 10.1. The second-order valence-corrected chi connectivity index (χ2v) is 4.46. The number of hydrogen-bond donors (Lipinski definition) is 2. The topological polar surface area (TPSA) is 45.1 Å². The molecule has 20 heavy (non-hydrogen) atoms. The molecule has 1 atom stereocenters. The molecule has 0 saturated heterocycles. The van der Waals surface area contributed by atoms with Crippen LogP contribution < -0.4 is 5.32 Å². The molecular weight excluding hydrogens is 262 g/mol. The van der Waals surface area contributed by atoms with Crippen LogP contribution in [0.3, 0.4) is 0 Å². The average Bonchev–Trinajstić information content (AvgIpc) is 2.47. The van der Waals surface area contributed by atoms with Gasteiger partial charge >= 0.3 is 0 Å². The monoisotopic (exact) mass is 278 g/mol. The molecule has 1 aromatic heterocycles. The zero-order chi connectivity index (χ0) is 14.4. The van der Waals surface area contributed by atoms with Gasteiger partial charge in [0.2, 0.25) is 0 Å². The minimum absolute atomic E-state index is 0.276. The van der Waals surface area contributed by atoms with Gasteiger partial charge in [0, 0.05) is 31.4 Å². The molecule has 0 aliphatic carbocycles. The fourth-order valence-electron chi connectivity index (χ4n) is 1.84. The van der Waals surface area contributed by atoms with E-state index in [-0.39, 0.29) is 6.54 Å². The number of benzene rings is 1. The van der Waals surface area contributed by atoms with Crippen molar-refractivity contribution in [3.05, 3.63) is 65.5 Å². The van der Waals surface area contributed by atoms with E-state index in [2.05, 4.69) is 10.3 Å². The number of aromatic nitrogens is 1. The Kier molecular flexibility index (Phi) is 5.15. The maximum absolute atomic E-state index is 13.0. The van der Waals surface area contributed by atoms with Crippen LogP contribution in [-0.2, 0) is 6.42 Å². The van der Waals surface area contributed by atoms with Gasteiger partial charge in [-0.2, -0.15) is 0 Å². The highest BCUT2D eigenvalue weighted by Crippen LogP contribution is 2.15. The van der Waals surface area contributed by atoms with Gasteiger partial charge in [-0.15, -0.1) is 0 Å². The molecule has 0 amide bonds. The SMILES string of the molecule is OC(CNCCc1ccccn1)c1ccc(F)c(F)c1. The fourth-order valence-corrected chi connectivity index (χ4v) is 1.84. The number of halogens is 2. The van der Waals surface area contributed by atoms with E-state index in [1.165, 1.54) is 6.07 Å². The van der Waals surface area contributed by atoms with Crippen molar-refractivity contribution in [1.29, 1.82) is 0 Å². The summed E-state index contributed by atoms with van der Waals surface area (Å²) in [7, 11) is 0. The Morgan fingerprint density at radius 1 is 1.15 bits per heavy atom. The molecule has 0 fully saturated rings. The molecule has 2 rings (SSSR count). The third kappa shape index (κ3) is 4.08. The number of pyridine rings is 1. The Morgan fingerprint density at radius 3 is 2.70 bits per heavy atom. The molecule has 3 nitrogen and oxygen atoms in total. The summed E-state index contributed by atoms with van der Waals surface area (Å²) < 4.78 is 25.8. The highest BCUT2D eigenvalue weighted by molar-refractivity contribution is 5.20. The number of rotatable bonds is 6. The highest BCUT2D eigenvalue weighted by atomic mass is 19.2. The lowest BCUT2D eigenvalue weighted by molar-refractivity contribution is 0.174. The summed E-state index contributed by atoms with van der Waals surface area (Å²) in [5.74, 6) is -1.86. The van der Waals surface area contributed by atoms with E-state index in [0.29, 0.717) is 12.1 Å². The first kappa shape index (κ1) is 14.6. The van der Waals surface area contributed by atoms with Crippen molar-refractivity contribution in [3.8, 4) is 0 Å². The van der Waals surface area contributed by atoms with Gasteiger partial charge in [-0.25, -0.2) is 8.78 Å². The summed E-state index contributed by atoms with van der Waals surface area (Å²) in [5, 5.41) is 12.9. The van der Waals surface area contributed by atoms with Crippen LogP contribution in [0.25, 0.3) is 0 Å². The maximum atomic E-state index is 13.0. The summed E-state index contributed by atoms with van der Waals surface area (Å²) in [6, 6.07) is 9.10. The molecule has 0 spiro atoms. The Balaban J connectivity index is 1.77. The predicted molar refractivity (Wildman–Crippen MR) is 72.1 cm³/mol. The van der Waals surface area contributed by atoms with E-state index in [9.17, 15) is 13.9 Å². The van der Waals surface area contributed by atoms with E-state index in [4.69, 9.17) is 0 Å². The fraction of sp³-hybridized carbons (Fsp3) is 0.267. The number of aliphatic hydroxyl groups excluding tert-OH is 1. The van der Waals surface area contributed by atoms with Crippen LogP contribution in [0.5, 0.6) is 0 Å². The van der Waals surface area contributed by atoms with E-state index in [1.807, 2.05) is 18.2 Å². The van der Waals surface area contributed by atoms with Gasteiger partial charge in [-0.05, 0) is 29.8 Å². The molecule has 106 valence electrons. The molecule has 2 N–H and O–H groups in total. The quantitative estimate of drug-likeness (QED) is 0.796. The molecule has 0 bridgehead atoms. The van der Waals surface area contributed by atoms with E-state index in [1.54, 1.807) is 6.20 Å². The first-order valence-corrected chi connectivity index (χ1v) is 6.40. The molecule has 1 unspecified atom stereocenters. The second kappa shape index (κ2) is 7.07. The van der Waals surface area contributed by atoms with Crippen LogP contribution >= 0.6 is 0 Å². The first-order chi connectivity index (χ1) is 9.66. The van der Waals surface area contributed by atoms with Crippen LogP contribution in [0, 0.1) is 11.6 Å². The maximum Gasteiger partial charge on any atom is 0.159 e. The standard InChI is InChI=1S/C15H16F2N2O/c16-13-5-4-11(9-14(13)17)15(20)10-18-8-6-12-3-1-2-7-19-12/h1-5,7,9,15,18,20H,6,8,10H2. The zero-order valence-electron chi connectivity index (χ0n) is 10.9. The minimum Gasteiger partial charge on any atom is -0.387 e. The number of nitrogens with one attached hydrogen (secondary N) is 1. The van der Waals surface area contributed by atoms with Crippen molar-refractivity contribution in [2.75, 3.05) is 13.1 Å². The summed E-state index contributed by atoms with van der Waals surface area (Å²) in [6.45, 7) is 0.926. The van der Waals surface area contributed by atoms with Crippen molar-refractivity contribution in [1.82, 2.24) is 10.3 Å². The Morgan fingerprint density at radius 2 is 2.00 bits per heavy atom. The Labute approximate surface area is 116 Å². The van der Waals surface area contributed by atoms with Crippen LogP contribution in [0.4, 0.5) is 8.78 Å². The van der Waals surface area contributed by atoms with Gasteiger partial charge in [0.25, 0.3) is 0 Å². The molecule has 5 heteroatoms. The molecule has 1 aromatic carbocycles. The third-order valence-electron chi connectivity index (χ3n) is 2.95. The van der Waals surface area contributed by atoms with Crippen LogP contribution in [0.15, 0.2) is 42.6 Å². The first-order valence-electron chi connectivity index (χ1n) is 6.40. The lowest BCUT2D eigenvalue weighted by Crippen LogP contribution is -2.24. The van der Waals surface area contributed by atoms with Crippen molar-refractivity contribution < 1.29 is 13.9 Å². The van der Waals surface area contributed by atoms with Crippen LogP contribution in [0.1, 0.15) is 17.4 Å². The lowest BCUT2D eigenvalue weighted by Gasteiger charge is -2.12. The van der Waals surface area contributed by atoms with E-state index >= 15 is 0 Å². The molecule has 2 aromatic rings. The van der Waals surface area contributed by atoms with Crippen LogP contribution in [-0.4, -0.2) is 23.2 Å². The van der Waals surface area contributed by atoms with Crippen molar-refractivity contribution in [2.45, 2.75) is 12.5 Å². The summed E-state index contributed by atoms with van der Waals surface area (Å²) in [6.07, 6.45) is 1.60. The summed E-state index contributed by atoms with van der Waals surface area (Å²) in [5.41, 5.74) is 1.32. The zero-order valence-corrected chi connectivity index (χ0v) is 10.9. The van der Waals surface area contributed by atoms with Crippen LogP contribution in [0.2, 0.25) is 0 Å². The third-order valence-corrected chi connectivity index (χ3v) is 2.95. The smallest absolute Gasteiger partial charge is 0.159 e. The van der Waals surface area contributed by atoms with Gasteiger partial charge in [-0.1, -0.05) is 12.1 Å². The average molecular weight is 278 g/mol. The van der Waals surface area contributed by atoms with E-state index in [0.717, 1.165) is 24.2 Å². The number of nitrogens with zero attached hydrogens (tertiary/aromatic N) is 1. The van der Waals surface area contributed by atoms with Crippen molar-refractivity contribution >= 4 is 0 Å². The molecule has 0 aliphatic heterocycles. The van der Waals surface area contributed by atoms with Gasteiger partial charge in [0.05, 0.1) is 6.10 Å². The molecule has 0 aliphatic rings.